The van der Waals surface area contributed by atoms with Gasteiger partial charge >= 0.3 is 5.97 Å². The fourth-order valence-corrected chi connectivity index (χ4v) is 6.45. The Balaban J connectivity index is 1.16. The molecular weight excluding hydrogens is 540 g/mol. The summed E-state index contributed by atoms with van der Waals surface area (Å²) < 4.78 is 5.46. The van der Waals surface area contributed by atoms with E-state index in [1.165, 1.54) is 5.56 Å². The molecule has 8 heteroatoms. The number of H-pyrrole nitrogens is 1. The van der Waals surface area contributed by atoms with E-state index in [4.69, 9.17) is 4.74 Å². The highest BCUT2D eigenvalue weighted by Crippen LogP contribution is 2.34. The van der Waals surface area contributed by atoms with Crippen LogP contribution in [-0.2, 0) is 38.6 Å². The summed E-state index contributed by atoms with van der Waals surface area (Å²) in [4.78, 5) is 48.2. The lowest BCUT2D eigenvalue weighted by atomic mass is 9.81. The Hall–Kier alpha value is -4.43. The van der Waals surface area contributed by atoms with Crippen molar-refractivity contribution in [2.45, 2.75) is 50.3 Å². The number of benzene rings is 3. The minimum atomic E-state index is -0.944. The van der Waals surface area contributed by atoms with Crippen LogP contribution < -0.4 is 5.32 Å². The van der Waals surface area contributed by atoms with Gasteiger partial charge in [0.25, 0.3) is 0 Å². The molecule has 2 fully saturated rings. The maximum absolute atomic E-state index is 14.1. The molecule has 1 unspecified atom stereocenters. The number of fused-ring (bicyclic) bond motifs is 1. The zero-order valence-electron chi connectivity index (χ0n) is 24.3. The molecule has 2 N–H and O–H groups in total. The first kappa shape index (κ1) is 28.7. The zero-order valence-corrected chi connectivity index (χ0v) is 24.3. The third-order valence-electron chi connectivity index (χ3n) is 8.94. The number of ether oxygens (including phenoxy) is 1. The van der Waals surface area contributed by atoms with Gasteiger partial charge in [-0.05, 0) is 48.4 Å². The lowest BCUT2D eigenvalue weighted by Crippen LogP contribution is -2.73. The van der Waals surface area contributed by atoms with Crippen LogP contribution in [0.2, 0.25) is 0 Å². The molecule has 2 amide bonds. The number of piperidine rings is 1. The Labute approximate surface area is 252 Å². The van der Waals surface area contributed by atoms with E-state index in [1.54, 1.807) is 4.90 Å². The molecule has 0 radical (unpaired) electrons. The summed E-state index contributed by atoms with van der Waals surface area (Å²) in [7, 11) is 0. The second kappa shape index (κ2) is 12.8. The number of hydrogen-bond acceptors (Lipinski definition) is 5. The van der Waals surface area contributed by atoms with Crippen molar-refractivity contribution in [1.29, 1.82) is 0 Å². The molecule has 2 aliphatic rings. The van der Waals surface area contributed by atoms with Crippen molar-refractivity contribution < 1.29 is 19.1 Å². The molecule has 3 heterocycles. The van der Waals surface area contributed by atoms with E-state index >= 15 is 0 Å². The molecule has 1 atom stereocenters. The lowest BCUT2D eigenvalue weighted by molar-refractivity contribution is -0.163. The first-order valence-corrected chi connectivity index (χ1v) is 15.2. The quantitative estimate of drug-likeness (QED) is 0.275. The molecule has 0 bridgehead atoms. The van der Waals surface area contributed by atoms with Crippen molar-refractivity contribution in [3.63, 3.8) is 0 Å². The number of carbonyl (C=O) groups is 3. The molecule has 1 spiro atoms. The molecule has 1 aromatic heterocycles. The fraction of sp³-hybridized carbons (Fsp3) is 0.343. The first-order valence-electron chi connectivity index (χ1n) is 15.2. The van der Waals surface area contributed by atoms with E-state index in [2.05, 4.69) is 45.5 Å². The van der Waals surface area contributed by atoms with E-state index < -0.39 is 17.6 Å². The smallest absolute Gasteiger partial charge is 0.308 e. The number of piperazine rings is 1. The topological polar surface area (TPSA) is 94.7 Å². The zero-order chi connectivity index (χ0) is 29.6. The Kier molecular flexibility index (Phi) is 8.56. The molecule has 43 heavy (non-hydrogen) atoms. The average Bonchev–Trinajstić information content (AvgIpc) is 3.46. The Bertz CT molecular complexity index is 1560. The predicted molar refractivity (Wildman–Crippen MR) is 165 cm³/mol. The van der Waals surface area contributed by atoms with Gasteiger partial charge in [0.2, 0.25) is 11.8 Å². The van der Waals surface area contributed by atoms with E-state index in [0.29, 0.717) is 25.8 Å². The third kappa shape index (κ3) is 6.34. The number of para-hydroxylation sites is 1. The number of amides is 2. The lowest BCUT2D eigenvalue weighted by Gasteiger charge is -2.51. The van der Waals surface area contributed by atoms with Crippen LogP contribution in [-0.4, -0.2) is 70.3 Å². The van der Waals surface area contributed by atoms with Crippen LogP contribution in [0.25, 0.3) is 10.9 Å². The summed E-state index contributed by atoms with van der Waals surface area (Å²) in [5, 5.41) is 4.04. The average molecular weight is 579 g/mol. The van der Waals surface area contributed by atoms with Crippen molar-refractivity contribution in [1.82, 2.24) is 20.1 Å². The van der Waals surface area contributed by atoms with E-state index in [0.717, 1.165) is 48.1 Å². The summed E-state index contributed by atoms with van der Waals surface area (Å²) in [6, 6.07) is 27.0. The van der Waals surface area contributed by atoms with Gasteiger partial charge in [-0.3, -0.25) is 14.4 Å². The second-order valence-corrected chi connectivity index (χ2v) is 11.6. The number of aromatic nitrogens is 1. The SMILES string of the molecule is O=C(CC1NC(=O)C2(CCN(CCc3ccccc3)CC2)N(CCc2c[nH]c3ccccc23)C1=O)OCc1ccccc1. The minimum absolute atomic E-state index is 0.127. The van der Waals surface area contributed by atoms with Crippen LogP contribution in [0.15, 0.2) is 91.1 Å². The normalized spacial score (nSPS) is 18.6. The van der Waals surface area contributed by atoms with E-state index in [1.807, 2.05) is 60.8 Å². The molecule has 0 aliphatic carbocycles. The van der Waals surface area contributed by atoms with Gasteiger partial charge in [-0.1, -0.05) is 78.9 Å². The Morgan fingerprint density at radius 1 is 0.837 bits per heavy atom. The van der Waals surface area contributed by atoms with Crippen LogP contribution in [0.1, 0.15) is 36.0 Å². The van der Waals surface area contributed by atoms with Crippen LogP contribution in [0.4, 0.5) is 0 Å². The predicted octanol–water partition coefficient (Wildman–Crippen LogP) is 4.25. The molecule has 3 aromatic carbocycles. The molecule has 8 nitrogen and oxygen atoms in total. The maximum atomic E-state index is 14.1. The molecule has 222 valence electrons. The monoisotopic (exact) mass is 578 g/mol. The molecule has 6 rings (SSSR count). The van der Waals surface area contributed by atoms with E-state index in [-0.39, 0.29) is 24.8 Å². The number of likely N-dealkylation sites (tertiary alicyclic amines) is 1. The Morgan fingerprint density at radius 3 is 2.26 bits per heavy atom. The number of nitrogens with one attached hydrogen (secondary N) is 2. The van der Waals surface area contributed by atoms with Gasteiger partial charge in [0.05, 0.1) is 6.42 Å². The minimum Gasteiger partial charge on any atom is -0.461 e. The molecule has 2 aliphatic heterocycles. The van der Waals surface area contributed by atoms with Crippen molar-refractivity contribution in [3.05, 3.63) is 108 Å². The summed E-state index contributed by atoms with van der Waals surface area (Å²) in [5.41, 5.74) is 3.37. The number of rotatable bonds is 10. The highest BCUT2D eigenvalue weighted by Gasteiger charge is 2.53. The molecular formula is C35H38N4O4. The standard InChI is InChI=1S/C35H38N4O4/c40-32(43-25-27-11-5-2-6-12-27)23-31-33(41)39(20-16-28-24-36-30-14-8-7-13-29(28)30)35(34(42)37-31)17-21-38(22-18-35)19-15-26-9-3-1-4-10-26/h1-14,24,31,36H,15-23,25H2,(H,37,42). The van der Waals surface area contributed by atoms with Crippen molar-refractivity contribution in [3.8, 4) is 0 Å². The maximum Gasteiger partial charge on any atom is 0.308 e. The second-order valence-electron chi connectivity index (χ2n) is 11.6. The number of hydrogen-bond donors (Lipinski definition) is 2. The van der Waals surface area contributed by atoms with Gasteiger partial charge < -0.3 is 24.8 Å². The highest BCUT2D eigenvalue weighted by atomic mass is 16.5. The fourth-order valence-electron chi connectivity index (χ4n) is 6.45. The van der Waals surface area contributed by atoms with Crippen LogP contribution >= 0.6 is 0 Å². The number of nitrogens with zero attached hydrogens (tertiary/aromatic N) is 2. The van der Waals surface area contributed by atoms with Crippen molar-refractivity contribution in [2.75, 3.05) is 26.2 Å². The molecule has 0 saturated carbocycles. The van der Waals surface area contributed by atoms with E-state index in [9.17, 15) is 14.4 Å². The third-order valence-corrected chi connectivity index (χ3v) is 8.94. The summed E-state index contributed by atoms with van der Waals surface area (Å²) in [6.07, 6.45) is 4.44. The number of aromatic amines is 1. The van der Waals surface area contributed by atoms with Gasteiger partial charge in [-0.25, -0.2) is 0 Å². The van der Waals surface area contributed by atoms with Crippen LogP contribution in [0.5, 0.6) is 0 Å². The summed E-state index contributed by atoms with van der Waals surface area (Å²) in [6.45, 7) is 2.87. The van der Waals surface area contributed by atoms with Crippen molar-refractivity contribution in [2.24, 2.45) is 0 Å². The van der Waals surface area contributed by atoms with Gasteiger partial charge in [-0.2, -0.15) is 0 Å². The summed E-state index contributed by atoms with van der Waals surface area (Å²) in [5.74, 6) is -0.894. The first-order chi connectivity index (χ1) is 21.0. The Morgan fingerprint density at radius 2 is 1.51 bits per heavy atom. The van der Waals surface area contributed by atoms with Crippen LogP contribution in [0.3, 0.4) is 0 Å². The van der Waals surface area contributed by atoms with Gasteiger partial charge in [0, 0.05) is 43.3 Å². The van der Waals surface area contributed by atoms with Gasteiger partial charge in [-0.15, -0.1) is 0 Å². The molecule has 4 aromatic rings. The molecule has 2 saturated heterocycles. The summed E-state index contributed by atoms with van der Waals surface area (Å²) >= 11 is 0. The van der Waals surface area contributed by atoms with Gasteiger partial charge in [0.1, 0.15) is 18.2 Å². The number of esters is 1. The number of carbonyl (C=O) groups excluding carboxylic acids is 3. The highest BCUT2D eigenvalue weighted by molar-refractivity contribution is 6.01. The largest absolute Gasteiger partial charge is 0.461 e. The van der Waals surface area contributed by atoms with Crippen LogP contribution in [0, 0.1) is 0 Å². The van der Waals surface area contributed by atoms with Crippen molar-refractivity contribution >= 4 is 28.7 Å². The van der Waals surface area contributed by atoms with Gasteiger partial charge in [0.15, 0.2) is 0 Å².